The zero-order valence-corrected chi connectivity index (χ0v) is 8.96. The molecule has 1 unspecified atom stereocenters. The fourth-order valence-electron chi connectivity index (χ4n) is 2.01. The Kier molecular flexibility index (Phi) is 2.73. The standard InChI is InChI=1S/C12H18N2/c1-10-7-8-14(10)12-6-4-3-5-11(12)9-13-2/h3-6,10,13H,7-9H2,1-2H3. The van der Waals surface area contributed by atoms with E-state index in [2.05, 4.69) is 41.4 Å². The van der Waals surface area contributed by atoms with Crippen molar-refractivity contribution in [1.29, 1.82) is 0 Å². The number of hydrogen-bond acceptors (Lipinski definition) is 2. The van der Waals surface area contributed by atoms with Crippen molar-refractivity contribution in [2.75, 3.05) is 18.5 Å². The molecule has 2 rings (SSSR count). The third kappa shape index (κ3) is 1.62. The monoisotopic (exact) mass is 190 g/mol. The van der Waals surface area contributed by atoms with Crippen LogP contribution in [0.25, 0.3) is 0 Å². The van der Waals surface area contributed by atoms with E-state index in [4.69, 9.17) is 0 Å². The number of anilines is 1. The van der Waals surface area contributed by atoms with E-state index < -0.39 is 0 Å². The summed E-state index contributed by atoms with van der Waals surface area (Å²) in [6.07, 6.45) is 1.33. The molecule has 1 aliphatic rings. The molecular formula is C12H18N2. The van der Waals surface area contributed by atoms with Crippen molar-refractivity contribution in [3.8, 4) is 0 Å². The molecule has 2 nitrogen and oxygen atoms in total. The highest BCUT2D eigenvalue weighted by atomic mass is 15.2. The Labute approximate surface area is 85.9 Å². The summed E-state index contributed by atoms with van der Waals surface area (Å²) in [5, 5.41) is 3.22. The van der Waals surface area contributed by atoms with Gasteiger partial charge in [0.05, 0.1) is 0 Å². The first-order valence-corrected chi connectivity index (χ1v) is 5.32. The first-order valence-electron chi connectivity index (χ1n) is 5.32. The van der Waals surface area contributed by atoms with Crippen LogP contribution in [0.4, 0.5) is 5.69 Å². The Bertz CT molecular complexity index is 309. The fourth-order valence-corrected chi connectivity index (χ4v) is 2.01. The largest absolute Gasteiger partial charge is 0.368 e. The average Bonchev–Trinajstić information content (AvgIpc) is 2.19. The Morgan fingerprint density at radius 2 is 2.21 bits per heavy atom. The zero-order chi connectivity index (χ0) is 9.97. The van der Waals surface area contributed by atoms with E-state index in [-0.39, 0.29) is 0 Å². The minimum Gasteiger partial charge on any atom is -0.368 e. The van der Waals surface area contributed by atoms with Crippen LogP contribution in [0, 0.1) is 0 Å². The second-order valence-electron chi connectivity index (χ2n) is 3.99. The van der Waals surface area contributed by atoms with Gasteiger partial charge in [0, 0.05) is 24.8 Å². The number of hydrogen-bond donors (Lipinski definition) is 1. The fraction of sp³-hybridized carbons (Fsp3) is 0.500. The van der Waals surface area contributed by atoms with Crippen molar-refractivity contribution in [2.24, 2.45) is 0 Å². The van der Waals surface area contributed by atoms with Gasteiger partial charge in [0.2, 0.25) is 0 Å². The van der Waals surface area contributed by atoms with Crippen LogP contribution >= 0.6 is 0 Å². The molecule has 0 aliphatic carbocycles. The molecule has 0 radical (unpaired) electrons. The average molecular weight is 190 g/mol. The lowest BCUT2D eigenvalue weighted by molar-refractivity contribution is 0.479. The predicted octanol–water partition coefficient (Wildman–Crippen LogP) is 2.00. The lowest BCUT2D eigenvalue weighted by atomic mass is 10.0. The maximum absolute atomic E-state index is 3.22. The number of rotatable bonds is 3. The third-order valence-electron chi connectivity index (χ3n) is 2.99. The Morgan fingerprint density at radius 3 is 2.79 bits per heavy atom. The summed E-state index contributed by atoms with van der Waals surface area (Å²) in [6, 6.07) is 9.38. The molecule has 1 N–H and O–H groups in total. The van der Waals surface area contributed by atoms with E-state index in [0.29, 0.717) is 6.04 Å². The molecule has 0 amide bonds. The van der Waals surface area contributed by atoms with Crippen molar-refractivity contribution in [2.45, 2.75) is 25.9 Å². The number of benzene rings is 1. The van der Waals surface area contributed by atoms with Gasteiger partial charge in [-0.25, -0.2) is 0 Å². The molecule has 1 aromatic rings. The summed E-state index contributed by atoms with van der Waals surface area (Å²) in [5.74, 6) is 0. The van der Waals surface area contributed by atoms with Crippen LogP contribution in [-0.4, -0.2) is 19.6 Å². The summed E-state index contributed by atoms with van der Waals surface area (Å²) in [4.78, 5) is 2.48. The SMILES string of the molecule is CNCc1ccccc1N1CCC1C. The van der Waals surface area contributed by atoms with E-state index in [1.807, 2.05) is 7.05 Å². The summed E-state index contributed by atoms with van der Waals surface area (Å²) in [5.41, 5.74) is 2.81. The number of nitrogens with one attached hydrogen (secondary N) is 1. The molecule has 0 aromatic heterocycles. The first kappa shape index (κ1) is 9.53. The molecule has 1 heterocycles. The van der Waals surface area contributed by atoms with Crippen LogP contribution < -0.4 is 10.2 Å². The van der Waals surface area contributed by atoms with Crippen LogP contribution in [-0.2, 0) is 6.54 Å². The minimum absolute atomic E-state index is 0.716. The Morgan fingerprint density at radius 1 is 1.43 bits per heavy atom. The quantitative estimate of drug-likeness (QED) is 0.784. The third-order valence-corrected chi connectivity index (χ3v) is 2.99. The lowest BCUT2D eigenvalue weighted by Gasteiger charge is -2.41. The molecule has 0 saturated carbocycles. The van der Waals surface area contributed by atoms with Gasteiger partial charge in [-0.3, -0.25) is 0 Å². The van der Waals surface area contributed by atoms with E-state index in [1.54, 1.807) is 0 Å². The van der Waals surface area contributed by atoms with Crippen LogP contribution in [0.3, 0.4) is 0 Å². The van der Waals surface area contributed by atoms with Gasteiger partial charge in [-0.1, -0.05) is 18.2 Å². The van der Waals surface area contributed by atoms with Crippen LogP contribution in [0.2, 0.25) is 0 Å². The van der Waals surface area contributed by atoms with E-state index >= 15 is 0 Å². The molecule has 1 fully saturated rings. The lowest BCUT2D eigenvalue weighted by Crippen LogP contribution is -2.46. The molecular weight excluding hydrogens is 172 g/mol. The Hall–Kier alpha value is -1.02. The molecule has 1 saturated heterocycles. The van der Waals surface area contributed by atoms with Crippen LogP contribution in [0.1, 0.15) is 18.9 Å². The smallest absolute Gasteiger partial charge is 0.0414 e. The van der Waals surface area contributed by atoms with Gasteiger partial charge < -0.3 is 10.2 Å². The van der Waals surface area contributed by atoms with Crippen LogP contribution in [0.15, 0.2) is 24.3 Å². The van der Waals surface area contributed by atoms with E-state index in [9.17, 15) is 0 Å². The molecule has 14 heavy (non-hydrogen) atoms. The molecule has 2 heteroatoms. The van der Waals surface area contributed by atoms with Gasteiger partial charge in [0.25, 0.3) is 0 Å². The number of nitrogens with zero attached hydrogens (tertiary/aromatic N) is 1. The zero-order valence-electron chi connectivity index (χ0n) is 8.96. The summed E-state index contributed by atoms with van der Waals surface area (Å²) >= 11 is 0. The summed E-state index contributed by atoms with van der Waals surface area (Å²) < 4.78 is 0. The molecule has 76 valence electrons. The van der Waals surface area contributed by atoms with Crippen LogP contribution in [0.5, 0.6) is 0 Å². The van der Waals surface area contributed by atoms with Crippen molar-refractivity contribution in [1.82, 2.24) is 5.32 Å². The van der Waals surface area contributed by atoms with Crippen molar-refractivity contribution < 1.29 is 0 Å². The highest BCUT2D eigenvalue weighted by molar-refractivity contribution is 5.56. The van der Waals surface area contributed by atoms with Gasteiger partial charge in [0.15, 0.2) is 0 Å². The second kappa shape index (κ2) is 4.01. The normalized spacial score (nSPS) is 20.7. The predicted molar refractivity (Wildman–Crippen MR) is 60.6 cm³/mol. The van der Waals surface area contributed by atoms with Gasteiger partial charge in [-0.05, 0) is 32.0 Å². The maximum Gasteiger partial charge on any atom is 0.0414 e. The molecule has 0 bridgehead atoms. The van der Waals surface area contributed by atoms with Gasteiger partial charge in [0.1, 0.15) is 0 Å². The van der Waals surface area contributed by atoms with Gasteiger partial charge >= 0.3 is 0 Å². The highest BCUT2D eigenvalue weighted by Crippen LogP contribution is 2.29. The van der Waals surface area contributed by atoms with Crippen molar-refractivity contribution in [3.05, 3.63) is 29.8 Å². The van der Waals surface area contributed by atoms with Crippen molar-refractivity contribution in [3.63, 3.8) is 0 Å². The van der Waals surface area contributed by atoms with E-state index in [1.165, 1.54) is 24.2 Å². The van der Waals surface area contributed by atoms with Gasteiger partial charge in [-0.2, -0.15) is 0 Å². The number of para-hydroxylation sites is 1. The Balaban J connectivity index is 2.22. The van der Waals surface area contributed by atoms with E-state index in [0.717, 1.165) is 6.54 Å². The van der Waals surface area contributed by atoms with Crippen molar-refractivity contribution >= 4 is 5.69 Å². The molecule has 1 atom stereocenters. The summed E-state index contributed by atoms with van der Waals surface area (Å²) in [7, 11) is 2.00. The topological polar surface area (TPSA) is 15.3 Å². The summed E-state index contributed by atoms with van der Waals surface area (Å²) in [6.45, 7) is 4.46. The highest BCUT2D eigenvalue weighted by Gasteiger charge is 2.24. The molecule has 0 spiro atoms. The molecule has 1 aromatic carbocycles. The maximum atomic E-state index is 3.22. The second-order valence-corrected chi connectivity index (χ2v) is 3.99. The molecule has 1 aliphatic heterocycles. The van der Waals surface area contributed by atoms with Gasteiger partial charge in [-0.15, -0.1) is 0 Å². The minimum atomic E-state index is 0.716. The first-order chi connectivity index (χ1) is 6.83.